The minimum Gasteiger partial charge on any atom is -0.453 e. The van der Waals surface area contributed by atoms with Gasteiger partial charge in [0.15, 0.2) is 23.0 Å². The molecule has 0 saturated heterocycles. The highest BCUT2D eigenvalue weighted by Crippen LogP contribution is 2.58. The van der Waals surface area contributed by atoms with Gasteiger partial charge in [-0.25, -0.2) is 0 Å². The molecular weight excluding hydrogens is 745 g/mol. The monoisotopic (exact) mass is 782 g/mol. The standard InChI is InChI=1S/C57H38N2O2/c1-2-14-40-36-57(35-39(40)13-1)46-33-37(28-31-43(46)44-32-30-41(34-47(44)57)58-49-18-3-7-23-53(49)60-54-24-8-4-19-50(54)58)27-29-38-15-11-17-45-42(38)16-12-22-48(45)59-51-20-5-9-25-55(51)61-56-26-10-6-21-52(56)59/h1-34H,35-36H2/b29-27+. The highest BCUT2D eigenvalue weighted by atomic mass is 16.5. The molecule has 4 nitrogen and oxygen atoms in total. The van der Waals surface area contributed by atoms with E-state index in [1.165, 1.54) is 55.3 Å². The van der Waals surface area contributed by atoms with Gasteiger partial charge >= 0.3 is 0 Å². The van der Waals surface area contributed by atoms with Crippen molar-refractivity contribution in [1.82, 2.24) is 0 Å². The van der Waals surface area contributed by atoms with Crippen LogP contribution < -0.4 is 19.3 Å². The van der Waals surface area contributed by atoms with Gasteiger partial charge in [-0.2, -0.15) is 0 Å². The van der Waals surface area contributed by atoms with E-state index < -0.39 is 0 Å². The molecule has 9 aromatic rings. The minimum atomic E-state index is -0.182. The zero-order chi connectivity index (χ0) is 40.1. The van der Waals surface area contributed by atoms with Gasteiger partial charge in [-0.1, -0.05) is 140 Å². The van der Waals surface area contributed by atoms with Gasteiger partial charge in [0.05, 0.1) is 28.4 Å². The fourth-order valence-electron chi connectivity index (χ4n) is 10.5. The molecule has 13 rings (SSSR count). The molecule has 9 aromatic carbocycles. The number of hydrogen-bond acceptors (Lipinski definition) is 4. The van der Waals surface area contributed by atoms with Gasteiger partial charge in [0.2, 0.25) is 0 Å². The molecule has 2 aliphatic heterocycles. The van der Waals surface area contributed by atoms with E-state index in [-0.39, 0.29) is 5.41 Å². The second-order valence-corrected chi connectivity index (χ2v) is 16.5. The molecule has 4 heteroatoms. The molecule has 0 saturated carbocycles. The quantitative estimate of drug-likeness (QED) is 0.166. The highest BCUT2D eigenvalue weighted by molar-refractivity contribution is 6.04. The fraction of sp³-hybridized carbons (Fsp3) is 0.0526. The van der Waals surface area contributed by atoms with E-state index in [0.717, 1.165) is 70.0 Å². The summed E-state index contributed by atoms with van der Waals surface area (Å²) in [5.41, 5.74) is 16.9. The second kappa shape index (κ2) is 13.1. The Morgan fingerprint density at radius 1 is 0.393 bits per heavy atom. The molecule has 0 unspecified atom stereocenters. The number of hydrogen-bond donors (Lipinski definition) is 0. The van der Waals surface area contributed by atoms with Crippen molar-refractivity contribution in [3.63, 3.8) is 0 Å². The first kappa shape index (κ1) is 34.1. The summed E-state index contributed by atoms with van der Waals surface area (Å²) >= 11 is 0. The highest BCUT2D eigenvalue weighted by Gasteiger charge is 2.47. The Labute approximate surface area is 354 Å². The Morgan fingerprint density at radius 2 is 0.885 bits per heavy atom. The third-order valence-electron chi connectivity index (χ3n) is 13.2. The van der Waals surface area contributed by atoms with Crippen molar-refractivity contribution < 1.29 is 9.47 Å². The summed E-state index contributed by atoms with van der Waals surface area (Å²) in [4.78, 5) is 4.71. The molecule has 61 heavy (non-hydrogen) atoms. The van der Waals surface area contributed by atoms with Gasteiger partial charge in [0.25, 0.3) is 0 Å². The van der Waals surface area contributed by atoms with Crippen LogP contribution in [0.4, 0.5) is 34.1 Å². The molecule has 2 aliphatic carbocycles. The zero-order valence-electron chi connectivity index (χ0n) is 33.3. The topological polar surface area (TPSA) is 24.9 Å². The molecule has 0 atom stereocenters. The van der Waals surface area contributed by atoms with Crippen molar-refractivity contribution in [1.29, 1.82) is 0 Å². The maximum atomic E-state index is 6.40. The molecule has 288 valence electrons. The maximum Gasteiger partial charge on any atom is 0.151 e. The van der Waals surface area contributed by atoms with Crippen LogP contribution in [0.5, 0.6) is 23.0 Å². The van der Waals surface area contributed by atoms with E-state index in [4.69, 9.17) is 9.47 Å². The van der Waals surface area contributed by atoms with Crippen LogP contribution in [0.25, 0.3) is 34.1 Å². The number of nitrogens with zero attached hydrogens (tertiary/aromatic N) is 2. The SMILES string of the molecule is C(=C\c1cccc2c(N3c4ccccc4Oc4ccccc43)cccc12)/c1ccc2c(c1)C1(Cc3ccccc3C1)c1cc(N3c4ccccc4Oc4ccccc43)ccc1-2. The predicted octanol–water partition coefficient (Wildman–Crippen LogP) is 15.2. The van der Waals surface area contributed by atoms with Gasteiger partial charge in [0.1, 0.15) is 0 Å². The van der Waals surface area contributed by atoms with Crippen molar-refractivity contribution in [3.8, 4) is 34.1 Å². The molecule has 2 heterocycles. The van der Waals surface area contributed by atoms with Crippen molar-refractivity contribution in [2.45, 2.75) is 18.3 Å². The van der Waals surface area contributed by atoms with E-state index in [0.29, 0.717) is 0 Å². The van der Waals surface area contributed by atoms with E-state index in [1.54, 1.807) is 0 Å². The first-order chi connectivity index (χ1) is 30.2. The Bertz CT molecular complexity index is 3190. The third-order valence-corrected chi connectivity index (χ3v) is 13.2. The average molecular weight is 783 g/mol. The lowest BCUT2D eigenvalue weighted by molar-refractivity contribution is 0.477. The van der Waals surface area contributed by atoms with Crippen LogP contribution in [-0.2, 0) is 18.3 Å². The summed E-state index contributed by atoms with van der Waals surface area (Å²) in [5, 5.41) is 2.39. The van der Waals surface area contributed by atoms with Crippen molar-refractivity contribution in [3.05, 3.63) is 228 Å². The fourth-order valence-corrected chi connectivity index (χ4v) is 10.5. The lowest BCUT2D eigenvalue weighted by atomic mass is 9.75. The van der Waals surface area contributed by atoms with Gasteiger partial charge in [-0.15, -0.1) is 0 Å². The van der Waals surface area contributed by atoms with Crippen LogP contribution in [-0.4, -0.2) is 0 Å². The number of para-hydroxylation sites is 8. The van der Waals surface area contributed by atoms with Crippen LogP contribution in [0.2, 0.25) is 0 Å². The van der Waals surface area contributed by atoms with Crippen LogP contribution in [0, 0.1) is 0 Å². The summed E-state index contributed by atoms with van der Waals surface area (Å²) in [5.74, 6) is 3.43. The Kier molecular flexibility index (Phi) is 7.31. The molecule has 0 fully saturated rings. The Hall–Kier alpha value is -7.82. The van der Waals surface area contributed by atoms with E-state index in [2.05, 4.69) is 180 Å². The Morgan fingerprint density at radius 3 is 1.51 bits per heavy atom. The molecule has 0 amide bonds. The summed E-state index contributed by atoms with van der Waals surface area (Å²) < 4.78 is 12.8. The minimum absolute atomic E-state index is 0.182. The first-order valence-electron chi connectivity index (χ1n) is 21.1. The van der Waals surface area contributed by atoms with Crippen molar-refractivity contribution in [2.24, 2.45) is 0 Å². The molecular formula is C57H38N2O2. The summed E-state index contributed by atoms with van der Waals surface area (Å²) in [6.07, 6.45) is 6.53. The van der Waals surface area contributed by atoms with Crippen LogP contribution in [0.1, 0.15) is 33.4 Å². The number of rotatable bonds is 4. The third kappa shape index (κ3) is 5.12. The molecule has 0 N–H and O–H groups in total. The average Bonchev–Trinajstić information content (AvgIpc) is 3.83. The van der Waals surface area contributed by atoms with E-state index >= 15 is 0 Å². The molecule has 4 aliphatic rings. The molecule has 1 spiro atoms. The summed E-state index contributed by atoms with van der Waals surface area (Å²) in [6.45, 7) is 0. The van der Waals surface area contributed by atoms with E-state index in [9.17, 15) is 0 Å². The molecule has 0 radical (unpaired) electrons. The number of ether oxygens (including phenoxy) is 2. The summed E-state index contributed by atoms with van der Waals surface area (Å²) in [7, 11) is 0. The number of benzene rings is 9. The largest absolute Gasteiger partial charge is 0.453 e. The lowest BCUT2D eigenvalue weighted by Gasteiger charge is -2.34. The first-order valence-corrected chi connectivity index (χ1v) is 21.1. The lowest BCUT2D eigenvalue weighted by Crippen LogP contribution is -2.26. The van der Waals surface area contributed by atoms with Gasteiger partial charge in [-0.05, 0) is 129 Å². The van der Waals surface area contributed by atoms with E-state index in [1.807, 2.05) is 36.4 Å². The number of fused-ring (bicyclic) bond motifs is 11. The number of anilines is 6. The van der Waals surface area contributed by atoms with Crippen LogP contribution in [0.15, 0.2) is 194 Å². The van der Waals surface area contributed by atoms with Crippen molar-refractivity contribution >= 4 is 57.0 Å². The van der Waals surface area contributed by atoms with Crippen LogP contribution in [0.3, 0.4) is 0 Å². The molecule has 0 aromatic heterocycles. The van der Waals surface area contributed by atoms with Crippen LogP contribution >= 0.6 is 0 Å². The van der Waals surface area contributed by atoms with Crippen molar-refractivity contribution in [2.75, 3.05) is 9.80 Å². The second-order valence-electron chi connectivity index (χ2n) is 16.5. The smallest absolute Gasteiger partial charge is 0.151 e. The predicted molar refractivity (Wildman–Crippen MR) is 249 cm³/mol. The van der Waals surface area contributed by atoms with Gasteiger partial charge in [0, 0.05) is 16.5 Å². The van der Waals surface area contributed by atoms with Gasteiger partial charge < -0.3 is 19.3 Å². The maximum absolute atomic E-state index is 6.40. The summed E-state index contributed by atoms with van der Waals surface area (Å²) in [6, 6.07) is 69.8. The zero-order valence-corrected chi connectivity index (χ0v) is 33.3. The normalized spacial score (nSPS) is 14.7. The Balaban J connectivity index is 0.910. The molecule has 0 bridgehead atoms. The van der Waals surface area contributed by atoms with Gasteiger partial charge in [-0.3, -0.25) is 0 Å².